The lowest BCUT2D eigenvalue weighted by Crippen LogP contribution is -2.28. The normalized spacial score (nSPS) is 23.4. The monoisotopic (exact) mass is 239 g/mol. The van der Waals surface area contributed by atoms with Crippen molar-refractivity contribution in [1.82, 2.24) is 5.32 Å². The molecule has 0 amide bonds. The fourth-order valence-electron chi connectivity index (χ4n) is 2.45. The number of hydrogen-bond acceptors (Lipinski definition) is 3. The van der Waals surface area contributed by atoms with Crippen LogP contribution in [-0.2, 0) is 0 Å². The van der Waals surface area contributed by atoms with Gasteiger partial charge in [-0.05, 0) is 31.5 Å². The summed E-state index contributed by atoms with van der Waals surface area (Å²) in [7, 11) is 0. The van der Waals surface area contributed by atoms with Crippen LogP contribution < -0.4 is 14.8 Å². The number of benzene rings is 1. The van der Waals surface area contributed by atoms with E-state index in [1.807, 2.05) is 12.1 Å². The topological polar surface area (TPSA) is 30.5 Å². The molecule has 1 saturated heterocycles. The van der Waals surface area contributed by atoms with E-state index in [1.54, 1.807) is 0 Å². The summed E-state index contributed by atoms with van der Waals surface area (Å²) >= 11 is 6.28. The summed E-state index contributed by atoms with van der Waals surface area (Å²) in [6.45, 7) is 2.38. The average Bonchev–Trinajstić information content (AvgIpc) is 2.78. The van der Waals surface area contributed by atoms with Gasteiger partial charge in [-0.3, -0.25) is 0 Å². The van der Waals surface area contributed by atoms with E-state index in [0.717, 1.165) is 41.6 Å². The van der Waals surface area contributed by atoms with Crippen LogP contribution in [0.25, 0.3) is 0 Å². The number of nitrogens with one attached hydrogen (secondary N) is 1. The third kappa shape index (κ3) is 1.64. The lowest BCUT2D eigenvalue weighted by atomic mass is 9.90. The molecule has 1 aromatic carbocycles. The Balaban J connectivity index is 2.01. The van der Waals surface area contributed by atoms with E-state index in [2.05, 4.69) is 5.32 Å². The molecule has 2 aliphatic rings. The lowest BCUT2D eigenvalue weighted by molar-refractivity contribution is 0.172. The number of ether oxygens (including phenoxy) is 2. The van der Waals surface area contributed by atoms with Gasteiger partial charge in [-0.15, -0.1) is 0 Å². The van der Waals surface area contributed by atoms with Crippen molar-refractivity contribution in [1.29, 1.82) is 0 Å². The molecule has 16 heavy (non-hydrogen) atoms. The van der Waals surface area contributed by atoms with Gasteiger partial charge < -0.3 is 14.8 Å². The van der Waals surface area contributed by atoms with E-state index in [1.165, 1.54) is 6.42 Å². The molecule has 0 spiro atoms. The summed E-state index contributed by atoms with van der Waals surface area (Å²) in [5, 5.41) is 4.19. The number of fused-ring (bicyclic) bond motifs is 1. The van der Waals surface area contributed by atoms with Crippen molar-refractivity contribution in [2.24, 2.45) is 0 Å². The lowest BCUT2D eigenvalue weighted by Gasteiger charge is -2.24. The van der Waals surface area contributed by atoms with Gasteiger partial charge in [-0.2, -0.15) is 0 Å². The Labute approximate surface area is 99.7 Å². The molecule has 1 fully saturated rings. The highest BCUT2D eigenvalue weighted by Crippen LogP contribution is 2.44. The molecule has 0 aliphatic carbocycles. The van der Waals surface area contributed by atoms with Crippen molar-refractivity contribution in [2.75, 3.05) is 19.9 Å². The summed E-state index contributed by atoms with van der Waals surface area (Å²) in [5.74, 6) is 2.11. The van der Waals surface area contributed by atoms with Gasteiger partial charge in [0.1, 0.15) is 0 Å². The molecule has 2 heterocycles. The maximum Gasteiger partial charge on any atom is 0.231 e. The largest absolute Gasteiger partial charge is 0.454 e. The second kappa shape index (κ2) is 4.15. The molecule has 3 rings (SSSR count). The zero-order valence-electron chi connectivity index (χ0n) is 8.96. The van der Waals surface area contributed by atoms with Crippen LogP contribution >= 0.6 is 11.6 Å². The summed E-state index contributed by atoms with van der Waals surface area (Å²) < 4.78 is 10.9. The molecule has 3 nitrogen and oxygen atoms in total. The van der Waals surface area contributed by atoms with Crippen LogP contribution in [0.15, 0.2) is 12.1 Å². The number of hydrogen-bond donors (Lipinski definition) is 1. The maximum absolute atomic E-state index is 6.28. The Hall–Kier alpha value is -0.930. The SMILES string of the molecule is Clc1ccc2c(c1C1CCCNC1)OCO2. The molecule has 0 aromatic heterocycles. The van der Waals surface area contributed by atoms with Gasteiger partial charge in [-0.1, -0.05) is 11.6 Å². The quantitative estimate of drug-likeness (QED) is 0.817. The van der Waals surface area contributed by atoms with Crippen LogP contribution in [0, 0.1) is 0 Å². The van der Waals surface area contributed by atoms with Crippen molar-refractivity contribution in [3.63, 3.8) is 0 Å². The third-order valence-corrected chi connectivity index (χ3v) is 3.56. The van der Waals surface area contributed by atoms with E-state index >= 15 is 0 Å². The molecule has 0 saturated carbocycles. The molecular weight excluding hydrogens is 226 g/mol. The minimum absolute atomic E-state index is 0.308. The molecule has 0 bridgehead atoms. The minimum atomic E-state index is 0.308. The Kier molecular flexibility index (Phi) is 2.65. The van der Waals surface area contributed by atoms with Crippen LogP contribution in [0.4, 0.5) is 0 Å². The van der Waals surface area contributed by atoms with Crippen LogP contribution in [0.1, 0.15) is 24.3 Å². The molecule has 86 valence electrons. The zero-order valence-corrected chi connectivity index (χ0v) is 9.72. The highest BCUT2D eigenvalue weighted by atomic mass is 35.5. The first-order valence-corrected chi connectivity index (χ1v) is 6.03. The Morgan fingerprint density at radius 2 is 2.25 bits per heavy atom. The number of halogens is 1. The molecular formula is C12H14ClNO2. The minimum Gasteiger partial charge on any atom is -0.454 e. The molecule has 0 radical (unpaired) electrons. The summed E-state index contributed by atoms with van der Waals surface area (Å²) in [5.41, 5.74) is 1.11. The third-order valence-electron chi connectivity index (χ3n) is 3.23. The Morgan fingerprint density at radius 1 is 1.31 bits per heavy atom. The van der Waals surface area contributed by atoms with E-state index in [-0.39, 0.29) is 0 Å². The second-order valence-corrected chi connectivity index (χ2v) is 4.65. The van der Waals surface area contributed by atoms with Gasteiger partial charge in [0.15, 0.2) is 11.5 Å². The van der Waals surface area contributed by atoms with Gasteiger partial charge in [0.2, 0.25) is 6.79 Å². The Bertz CT molecular complexity index is 402. The molecule has 2 aliphatic heterocycles. The summed E-state index contributed by atoms with van der Waals surface area (Å²) in [6.07, 6.45) is 2.35. The van der Waals surface area contributed by atoms with E-state index in [0.29, 0.717) is 12.7 Å². The summed E-state index contributed by atoms with van der Waals surface area (Å²) in [6, 6.07) is 3.78. The fourth-order valence-corrected chi connectivity index (χ4v) is 2.75. The Morgan fingerprint density at radius 3 is 3.06 bits per heavy atom. The predicted octanol–water partition coefficient (Wildman–Crippen LogP) is 2.54. The van der Waals surface area contributed by atoms with Gasteiger partial charge in [-0.25, -0.2) is 0 Å². The van der Waals surface area contributed by atoms with Gasteiger partial charge in [0, 0.05) is 23.0 Å². The van der Waals surface area contributed by atoms with Crippen molar-refractivity contribution < 1.29 is 9.47 Å². The number of rotatable bonds is 1. The molecule has 1 N–H and O–H groups in total. The van der Waals surface area contributed by atoms with Crippen molar-refractivity contribution in [3.8, 4) is 11.5 Å². The number of piperidine rings is 1. The average molecular weight is 240 g/mol. The van der Waals surface area contributed by atoms with Crippen LogP contribution in [0.3, 0.4) is 0 Å². The maximum atomic E-state index is 6.28. The predicted molar refractivity (Wildman–Crippen MR) is 62.4 cm³/mol. The summed E-state index contributed by atoms with van der Waals surface area (Å²) in [4.78, 5) is 0. The highest BCUT2D eigenvalue weighted by Gasteiger charge is 2.27. The highest BCUT2D eigenvalue weighted by molar-refractivity contribution is 6.31. The standard InChI is InChI=1S/C12H14ClNO2/c13-9-3-4-10-12(16-7-15-10)11(9)8-2-1-5-14-6-8/h3-4,8,14H,1-2,5-7H2. The fraction of sp³-hybridized carbons (Fsp3) is 0.500. The molecule has 1 aromatic rings. The van der Waals surface area contributed by atoms with Crippen molar-refractivity contribution >= 4 is 11.6 Å². The van der Waals surface area contributed by atoms with Gasteiger partial charge in [0.05, 0.1) is 0 Å². The first-order chi connectivity index (χ1) is 7.86. The van der Waals surface area contributed by atoms with Crippen LogP contribution in [0.2, 0.25) is 5.02 Å². The molecule has 4 heteroatoms. The smallest absolute Gasteiger partial charge is 0.231 e. The van der Waals surface area contributed by atoms with E-state index in [9.17, 15) is 0 Å². The second-order valence-electron chi connectivity index (χ2n) is 4.24. The first-order valence-electron chi connectivity index (χ1n) is 5.65. The zero-order chi connectivity index (χ0) is 11.0. The van der Waals surface area contributed by atoms with Crippen LogP contribution in [0.5, 0.6) is 11.5 Å². The molecule has 1 atom stereocenters. The molecule has 1 unspecified atom stereocenters. The van der Waals surface area contributed by atoms with Gasteiger partial charge >= 0.3 is 0 Å². The first kappa shape index (κ1) is 10.2. The van der Waals surface area contributed by atoms with Crippen LogP contribution in [-0.4, -0.2) is 19.9 Å². The van der Waals surface area contributed by atoms with E-state index in [4.69, 9.17) is 21.1 Å². The van der Waals surface area contributed by atoms with E-state index < -0.39 is 0 Å². The van der Waals surface area contributed by atoms with Crippen molar-refractivity contribution in [2.45, 2.75) is 18.8 Å². The van der Waals surface area contributed by atoms with Gasteiger partial charge in [0.25, 0.3) is 0 Å². The van der Waals surface area contributed by atoms with Crippen molar-refractivity contribution in [3.05, 3.63) is 22.7 Å².